The minimum Gasteiger partial charge on any atom is -0.507 e. The van der Waals surface area contributed by atoms with E-state index in [0.29, 0.717) is 37.7 Å². The lowest BCUT2D eigenvalue weighted by Gasteiger charge is -2.29. The summed E-state index contributed by atoms with van der Waals surface area (Å²) in [6, 6.07) is 24.2. The molecule has 2 aliphatic rings. The van der Waals surface area contributed by atoms with Gasteiger partial charge >= 0.3 is 0 Å². The number of likely N-dealkylation sites (tertiary alicyclic amines) is 1. The molecule has 3 aromatic rings. The molecule has 2 aliphatic heterocycles. The van der Waals surface area contributed by atoms with E-state index in [0.717, 1.165) is 42.7 Å². The lowest BCUT2D eigenvalue weighted by Crippen LogP contribution is -2.39. The highest BCUT2D eigenvalue weighted by atomic mass is 16.5. The Morgan fingerprint density at radius 3 is 2.21 bits per heavy atom. The maximum absolute atomic E-state index is 13.5. The number of carbonyl (C=O) groups excluding carboxylic acids is 2. The van der Waals surface area contributed by atoms with E-state index >= 15 is 0 Å². The van der Waals surface area contributed by atoms with Gasteiger partial charge in [-0.25, -0.2) is 0 Å². The highest BCUT2D eigenvalue weighted by molar-refractivity contribution is 6.46. The Hall–Kier alpha value is -3.94. The first-order chi connectivity index (χ1) is 20.2. The lowest BCUT2D eigenvalue weighted by atomic mass is 9.85. The zero-order valence-electron chi connectivity index (χ0n) is 24.7. The maximum atomic E-state index is 13.5. The van der Waals surface area contributed by atoms with Crippen molar-refractivity contribution in [3.63, 3.8) is 0 Å². The number of hydrogen-bond donors (Lipinski definition) is 1. The van der Waals surface area contributed by atoms with Crippen molar-refractivity contribution < 1.29 is 24.2 Å². The third-order valence-electron chi connectivity index (χ3n) is 7.99. The third-order valence-corrected chi connectivity index (χ3v) is 7.99. The third kappa shape index (κ3) is 6.75. The molecule has 2 fully saturated rings. The van der Waals surface area contributed by atoms with Gasteiger partial charge in [-0.05, 0) is 52.8 Å². The van der Waals surface area contributed by atoms with E-state index in [2.05, 4.69) is 25.7 Å². The molecule has 0 aromatic heterocycles. The van der Waals surface area contributed by atoms with Gasteiger partial charge in [-0.3, -0.25) is 14.5 Å². The number of amides is 1. The van der Waals surface area contributed by atoms with Crippen LogP contribution in [0, 0.1) is 0 Å². The van der Waals surface area contributed by atoms with Crippen LogP contribution in [0.1, 0.15) is 55.5 Å². The molecule has 3 aromatic carbocycles. The molecule has 2 heterocycles. The molecule has 0 bridgehead atoms. The van der Waals surface area contributed by atoms with E-state index < -0.39 is 17.7 Å². The second-order valence-electron chi connectivity index (χ2n) is 12.0. The number of ether oxygens (including phenoxy) is 2. The average Bonchev–Trinajstić information content (AvgIpc) is 3.26. The van der Waals surface area contributed by atoms with Crippen molar-refractivity contribution in [3.8, 4) is 5.75 Å². The van der Waals surface area contributed by atoms with Crippen molar-refractivity contribution in [2.45, 2.75) is 45.3 Å². The van der Waals surface area contributed by atoms with Crippen LogP contribution in [0.15, 0.2) is 84.4 Å². The van der Waals surface area contributed by atoms with Gasteiger partial charge in [0.15, 0.2) is 0 Å². The molecule has 1 N–H and O–H groups in total. The van der Waals surface area contributed by atoms with E-state index in [9.17, 15) is 14.7 Å². The Labute approximate surface area is 248 Å². The number of rotatable bonds is 9. The molecule has 2 saturated heterocycles. The Kier molecular flexibility index (Phi) is 9.09. The van der Waals surface area contributed by atoms with Gasteiger partial charge in [-0.2, -0.15) is 0 Å². The number of carbonyl (C=O) groups is 2. The number of benzene rings is 3. The van der Waals surface area contributed by atoms with Crippen molar-refractivity contribution in [1.82, 2.24) is 9.80 Å². The van der Waals surface area contributed by atoms with Gasteiger partial charge in [0.05, 0.1) is 24.8 Å². The lowest BCUT2D eigenvalue weighted by molar-refractivity contribution is -0.140. The highest BCUT2D eigenvalue weighted by Crippen LogP contribution is 2.40. The van der Waals surface area contributed by atoms with Gasteiger partial charge in [-0.1, -0.05) is 75.4 Å². The van der Waals surface area contributed by atoms with E-state index in [4.69, 9.17) is 9.47 Å². The average molecular weight is 569 g/mol. The summed E-state index contributed by atoms with van der Waals surface area (Å²) >= 11 is 0. The number of aliphatic hydroxyl groups excluding tert-OH is 1. The standard InChI is InChI=1S/C35H40N2O5/c1-35(2,3)28-14-10-26(11-15-28)31-30(33(39)34(40)37(31)19-7-18-36-20-22-41-23-21-36)32(38)27-12-16-29(17-13-27)42-24-25-8-5-4-6-9-25/h4-6,8-17,31,38H,7,18-24H2,1-3H3/b32-30+. The fraction of sp³-hybridized carbons (Fsp3) is 0.371. The molecule has 42 heavy (non-hydrogen) atoms. The predicted molar refractivity (Wildman–Crippen MR) is 163 cm³/mol. The molecule has 0 spiro atoms. The van der Waals surface area contributed by atoms with Crippen molar-refractivity contribution in [2.75, 3.05) is 39.4 Å². The Morgan fingerprint density at radius 2 is 1.57 bits per heavy atom. The van der Waals surface area contributed by atoms with E-state index in [-0.39, 0.29) is 16.7 Å². The molecule has 7 nitrogen and oxygen atoms in total. The summed E-state index contributed by atoms with van der Waals surface area (Å²) in [7, 11) is 0. The van der Waals surface area contributed by atoms with Crippen LogP contribution < -0.4 is 4.74 Å². The molecule has 1 unspecified atom stereocenters. The number of nitrogens with zero attached hydrogens (tertiary/aromatic N) is 2. The summed E-state index contributed by atoms with van der Waals surface area (Å²) in [4.78, 5) is 30.8. The van der Waals surface area contributed by atoms with E-state index in [1.165, 1.54) is 0 Å². The Bertz CT molecular complexity index is 1400. The first-order valence-electron chi connectivity index (χ1n) is 14.7. The van der Waals surface area contributed by atoms with Crippen LogP contribution in [0.2, 0.25) is 0 Å². The Balaban J connectivity index is 1.41. The van der Waals surface area contributed by atoms with Crippen LogP contribution in [0.4, 0.5) is 0 Å². The van der Waals surface area contributed by atoms with E-state index in [1.807, 2.05) is 54.6 Å². The van der Waals surface area contributed by atoms with Gasteiger partial charge in [-0.15, -0.1) is 0 Å². The second kappa shape index (κ2) is 12.9. The SMILES string of the molecule is CC(C)(C)c1ccc(C2/C(=C(\O)c3ccc(OCc4ccccc4)cc3)C(=O)C(=O)N2CCCN2CCOCC2)cc1. The summed E-state index contributed by atoms with van der Waals surface area (Å²) in [5, 5.41) is 11.5. The summed E-state index contributed by atoms with van der Waals surface area (Å²) in [6.45, 7) is 11.2. The zero-order valence-corrected chi connectivity index (χ0v) is 24.7. The first kappa shape index (κ1) is 29.5. The molecule has 0 radical (unpaired) electrons. The quantitative estimate of drug-likeness (QED) is 0.203. The molecule has 1 amide bonds. The number of morpholine rings is 1. The minimum atomic E-state index is -0.669. The van der Waals surface area contributed by atoms with Crippen molar-refractivity contribution in [2.24, 2.45) is 0 Å². The fourth-order valence-electron chi connectivity index (χ4n) is 5.52. The second-order valence-corrected chi connectivity index (χ2v) is 12.0. The molecule has 1 atom stereocenters. The summed E-state index contributed by atoms with van der Waals surface area (Å²) in [6.07, 6.45) is 0.719. The normalized spacial score (nSPS) is 19.3. The van der Waals surface area contributed by atoms with Crippen LogP contribution in [-0.4, -0.2) is 66.0 Å². The van der Waals surface area contributed by atoms with Gasteiger partial charge in [0.2, 0.25) is 0 Å². The smallest absolute Gasteiger partial charge is 0.295 e. The molecular formula is C35H40N2O5. The maximum Gasteiger partial charge on any atom is 0.295 e. The summed E-state index contributed by atoms with van der Waals surface area (Å²) in [5.41, 5.74) is 3.55. The minimum absolute atomic E-state index is 0.0389. The monoisotopic (exact) mass is 568 g/mol. The van der Waals surface area contributed by atoms with Crippen LogP contribution in [0.5, 0.6) is 5.75 Å². The zero-order chi connectivity index (χ0) is 29.7. The van der Waals surface area contributed by atoms with Gasteiger partial charge in [0.1, 0.15) is 18.1 Å². The van der Waals surface area contributed by atoms with Crippen molar-refractivity contribution in [3.05, 3.63) is 107 Å². The number of aliphatic hydroxyl groups is 1. The van der Waals surface area contributed by atoms with Gasteiger partial charge < -0.3 is 19.5 Å². The van der Waals surface area contributed by atoms with Crippen LogP contribution in [0.3, 0.4) is 0 Å². The van der Waals surface area contributed by atoms with Crippen molar-refractivity contribution >= 4 is 17.4 Å². The van der Waals surface area contributed by atoms with Gasteiger partial charge in [0, 0.05) is 31.7 Å². The molecule has 220 valence electrons. The molecule has 0 saturated carbocycles. The van der Waals surface area contributed by atoms with Crippen LogP contribution >= 0.6 is 0 Å². The molecular weight excluding hydrogens is 528 g/mol. The Morgan fingerprint density at radius 1 is 0.905 bits per heavy atom. The fourth-order valence-corrected chi connectivity index (χ4v) is 5.52. The van der Waals surface area contributed by atoms with Crippen LogP contribution in [0.25, 0.3) is 5.76 Å². The molecule has 5 rings (SSSR count). The summed E-state index contributed by atoms with van der Waals surface area (Å²) < 4.78 is 11.3. The topological polar surface area (TPSA) is 79.3 Å². The van der Waals surface area contributed by atoms with Crippen LogP contribution in [-0.2, 0) is 26.3 Å². The largest absolute Gasteiger partial charge is 0.507 e. The summed E-state index contributed by atoms with van der Waals surface area (Å²) in [5.74, 6) is -0.767. The highest BCUT2D eigenvalue weighted by Gasteiger charge is 2.45. The molecule has 0 aliphatic carbocycles. The number of Topliss-reactive ketones (excluding diaryl/α,β-unsaturated/α-hetero) is 1. The number of hydrogen-bond acceptors (Lipinski definition) is 6. The first-order valence-corrected chi connectivity index (χ1v) is 14.7. The molecule has 7 heteroatoms. The van der Waals surface area contributed by atoms with E-state index in [1.54, 1.807) is 29.2 Å². The predicted octanol–water partition coefficient (Wildman–Crippen LogP) is 5.71. The number of ketones is 1. The van der Waals surface area contributed by atoms with Gasteiger partial charge in [0.25, 0.3) is 11.7 Å². The van der Waals surface area contributed by atoms with Crippen molar-refractivity contribution in [1.29, 1.82) is 0 Å².